The number of hydrogen-bond acceptors (Lipinski definition) is 9. The Labute approximate surface area is 179 Å². The first-order chi connectivity index (χ1) is 14.7. The predicted molar refractivity (Wildman–Crippen MR) is 97.4 cm³/mol. The third kappa shape index (κ3) is 6.84. The second-order valence-corrected chi connectivity index (χ2v) is 6.61. The molecule has 0 saturated heterocycles. The maximum Gasteiger partial charge on any atom is 0.573 e. The number of halogens is 4. The number of aliphatic carboxylic acids is 1. The summed E-state index contributed by atoms with van der Waals surface area (Å²) in [5, 5.41) is 23.4. The summed E-state index contributed by atoms with van der Waals surface area (Å²) in [7, 11) is 0. The van der Waals surface area contributed by atoms with E-state index < -0.39 is 24.6 Å². The third-order valence-electron chi connectivity index (χ3n) is 3.37. The van der Waals surface area contributed by atoms with E-state index in [9.17, 15) is 18.0 Å². The summed E-state index contributed by atoms with van der Waals surface area (Å²) in [4.78, 5) is 11.5. The molecule has 166 valence electrons. The highest BCUT2D eigenvalue weighted by Crippen LogP contribution is 2.32. The lowest BCUT2D eigenvalue weighted by molar-refractivity contribution is -0.274. The van der Waals surface area contributed by atoms with Gasteiger partial charge in [0.15, 0.2) is 6.54 Å². The van der Waals surface area contributed by atoms with Crippen LogP contribution in [0.2, 0.25) is 0 Å². The van der Waals surface area contributed by atoms with Crippen LogP contribution in [0.1, 0.15) is 6.42 Å². The molecule has 2 heterocycles. The lowest BCUT2D eigenvalue weighted by atomic mass is 10.3. The topological polar surface area (TPSA) is 135 Å². The molecule has 3 rings (SSSR count). The molecular formula is C16H13BrF3N5O6. The molecule has 0 fully saturated rings. The highest BCUT2D eigenvalue weighted by molar-refractivity contribution is 9.10. The molecule has 0 atom stereocenters. The summed E-state index contributed by atoms with van der Waals surface area (Å²) >= 11 is 3.19. The van der Waals surface area contributed by atoms with Crippen molar-refractivity contribution in [2.24, 2.45) is 0 Å². The summed E-state index contributed by atoms with van der Waals surface area (Å²) < 4.78 is 57.1. The molecule has 0 radical (unpaired) electrons. The summed E-state index contributed by atoms with van der Waals surface area (Å²) in [6.07, 6.45) is -4.42. The number of benzene rings is 1. The Morgan fingerprint density at radius 3 is 2.74 bits per heavy atom. The molecule has 15 heteroatoms. The maximum absolute atomic E-state index is 12.3. The average molecular weight is 508 g/mol. The lowest BCUT2D eigenvalue weighted by Crippen LogP contribution is -2.17. The first-order valence-corrected chi connectivity index (χ1v) is 9.26. The van der Waals surface area contributed by atoms with E-state index in [4.69, 9.17) is 19.1 Å². The van der Waals surface area contributed by atoms with Crippen LogP contribution < -0.4 is 14.2 Å². The Bertz CT molecular complexity index is 1040. The molecule has 0 aliphatic rings. The first-order valence-electron chi connectivity index (χ1n) is 8.47. The number of aromatic nitrogens is 5. The van der Waals surface area contributed by atoms with E-state index >= 15 is 0 Å². The van der Waals surface area contributed by atoms with E-state index in [1.807, 2.05) is 0 Å². The minimum atomic E-state index is -4.80. The van der Waals surface area contributed by atoms with Crippen molar-refractivity contribution in [2.75, 3.05) is 13.2 Å². The second-order valence-electron chi connectivity index (χ2n) is 5.76. The molecule has 11 nitrogen and oxygen atoms in total. The second kappa shape index (κ2) is 9.63. The number of hydrogen-bond donors (Lipinski definition) is 1. The molecule has 0 amide bonds. The molecule has 1 aromatic carbocycles. The predicted octanol–water partition coefficient (Wildman–Crippen LogP) is 2.92. The van der Waals surface area contributed by atoms with Gasteiger partial charge in [0.25, 0.3) is 5.88 Å². The van der Waals surface area contributed by atoms with E-state index in [2.05, 4.69) is 41.2 Å². The molecule has 0 aliphatic heterocycles. The highest BCUT2D eigenvalue weighted by atomic mass is 79.9. The number of ether oxygens (including phenoxy) is 3. The van der Waals surface area contributed by atoms with Crippen LogP contribution in [0.25, 0.3) is 11.6 Å². The van der Waals surface area contributed by atoms with Gasteiger partial charge in [-0.25, -0.2) is 0 Å². The van der Waals surface area contributed by atoms with Gasteiger partial charge in [0, 0.05) is 12.5 Å². The van der Waals surface area contributed by atoms with E-state index in [1.165, 1.54) is 12.1 Å². The van der Waals surface area contributed by atoms with E-state index in [0.29, 0.717) is 10.9 Å². The number of carboxylic acid groups (broad SMARTS) is 1. The summed E-state index contributed by atoms with van der Waals surface area (Å²) in [6, 6.07) is 5.06. The fourth-order valence-corrected chi connectivity index (χ4v) is 2.53. The van der Waals surface area contributed by atoms with Crippen LogP contribution in [0.4, 0.5) is 13.2 Å². The van der Waals surface area contributed by atoms with Gasteiger partial charge in [0.2, 0.25) is 11.6 Å². The van der Waals surface area contributed by atoms with Crippen LogP contribution in [0.15, 0.2) is 33.3 Å². The Kier molecular flexibility index (Phi) is 6.94. The van der Waals surface area contributed by atoms with Gasteiger partial charge in [-0.1, -0.05) is 0 Å². The maximum atomic E-state index is 12.3. The van der Waals surface area contributed by atoms with Gasteiger partial charge in [-0.2, -0.15) is 4.80 Å². The van der Waals surface area contributed by atoms with Crippen LogP contribution in [-0.2, 0) is 11.3 Å². The minimum absolute atomic E-state index is 0.0396. The Morgan fingerprint density at radius 1 is 1.23 bits per heavy atom. The van der Waals surface area contributed by atoms with E-state index in [1.54, 1.807) is 0 Å². The monoisotopic (exact) mass is 507 g/mol. The molecule has 0 unspecified atom stereocenters. The molecule has 0 spiro atoms. The molecule has 0 bridgehead atoms. The van der Waals surface area contributed by atoms with Crippen molar-refractivity contribution in [1.29, 1.82) is 0 Å². The van der Waals surface area contributed by atoms with Gasteiger partial charge >= 0.3 is 12.3 Å². The van der Waals surface area contributed by atoms with Crippen molar-refractivity contribution in [3.63, 3.8) is 0 Å². The van der Waals surface area contributed by atoms with Gasteiger partial charge in [-0.3, -0.25) is 4.79 Å². The largest absolute Gasteiger partial charge is 0.573 e. The molecule has 1 N–H and O–H groups in total. The van der Waals surface area contributed by atoms with Crippen molar-refractivity contribution >= 4 is 21.9 Å². The number of tetrazole rings is 1. The van der Waals surface area contributed by atoms with Gasteiger partial charge in [-0.15, -0.1) is 23.4 Å². The van der Waals surface area contributed by atoms with Crippen LogP contribution in [0, 0.1) is 0 Å². The zero-order valence-electron chi connectivity index (χ0n) is 15.4. The van der Waals surface area contributed by atoms with E-state index in [0.717, 1.165) is 16.9 Å². The lowest BCUT2D eigenvalue weighted by Gasteiger charge is -2.12. The number of rotatable bonds is 10. The average Bonchev–Trinajstić information content (AvgIpc) is 3.31. The van der Waals surface area contributed by atoms with Crippen LogP contribution in [0.3, 0.4) is 0 Å². The Morgan fingerprint density at radius 2 is 2.00 bits per heavy atom. The molecule has 3 aromatic rings. The quantitative estimate of drug-likeness (QED) is 0.408. The molecule has 31 heavy (non-hydrogen) atoms. The summed E-state index contributed by atoms with van der Waals surface area (Å²) in [5.74, 6) is -1.04. The zero-order chi connectivity index (χ0) is 22.4. The summed E-state index contributed by atoms with van der Waals surface area (Å²) in [5.41, 5.74) is 0. The van der Waals surface area contributed by atoms with Gasteiger partial charge < -0.3 is 23.8 Å². The molecule has 0 saturated carbocycles. The third-order valence-corrected chi connectivity index (χ3v) is 4.03. The SMILES string of the molecule is O=C(O)Cn1nnc(-c2cc(OCCCOc3cc(OC(F)(F)F)ccc3Br)no2)n1. The molecule has 0 aliphatic carbocycles. The first kappa shape index (κ1) is 22.3. The van der Waals surface area contributed by atoms with Crippen LogP contribution >= 0.6 is 15.9 Å². The van der Waals surface area contributed by atoms with Gasteiger partial charge in [0.05, 0.1) is 23.8 Å². The van der Waals surface area contributed by atoms with Crippen molar-refractivity contribution in [3.05, 3.63) is 28.7 Å². The van der Waals surface area contributed by atoms with Crippen LogP contribution in [-0.4, -0.2) is 56.0 Å². The number of carboxylic acids is 1. The molecular weight excluding hydrogens is 495 g/mol. The fraction of sp³-hybridized carbons (Fsp3) is 0.312. The fourth-order valence-electron chi connectivity index (χ4n) is 2.17. The van der Waals surface area contributed by atoms with Crippen molar-refractivity contribution in [1.82, 2.24) is 25.4 Å². The Hall–Kier alpha value is -3.36. The van der Waals surface area contributed by atoms with Gasteiger partial charge in [0.1, 0.15) is 11.5 Å². The van der Waals surface area contributed by atoms with Crippen molar-refractivity contribution in [3.8, 4) is 29.0 Å². The highest BCUT2D eigenvalue weighted by Gasteiger charge is 2.31. The van der Waals surface area contributed by atoms with Crippen LogP contribution in [0.5, 0.6) is 17.4 Å². The van der Waals surface area contributed by atoms with E-state index in [-0.39, 0.29) is 36.4 Å². The normalized spacial score (nSPS) is 11.4. The summed E-state index contributed by atoms with van der Waals surface area (Å²) in [6.45, 7) is -0.142. The van der Waals surface area contributed by atoms with Crippen molar-refractivity contribution < 1.29 is 41.8 Å². The number of alkyl halides is 3. The van der Waals surface area contributed by atoms with Crippen molar-refractivity contribution in [2.45, 2.75) is 19.3 Å². The standard InChI is InChI=1S/C16H13BrF3N5O6/c17-10-3-2-9(30-16(18,19)20)6-11(10)28-4-1-5-29-13-7-12(31-23-13)15-21-24-25(22-15)8-14(26)27/h2-3,6-7H,1,4-5,8H2,(H,26,27). The number of nitrogens with zero attached hydrogens (tertiary/aromatic N) is 5. The zero-order valence-corrected chi connectivity index (χ0v) is 17.0. The Balaban J connectivity index is 1.45. The van der Waals surface area contributed by atoms with Gasteiger partial charge in [-0.05, 0) is 38.4 Å². The number of carbonyl (C=O) groups is 1. The molecule has 2 aromatic heterocycles. The smallest absolute Gasteiger partial charge is 0.492 e. The minimum Gasteiger partial charge on any atom is -0.492 e.